The fourth-order valence-electron chi connectivity index (χ4n) is 5.59. The van der Waals surface area contributed by atoms with Gasteiger partial charge in [-0.2, -0.15) is 0 Å². The lowest BCUT2D eigenvalue weighted by Crippen LogP contribution is -2.27. The topological polar surface area (TPSA) is 44.8 Å². The maximum Gasteiger partial charge on any atom is 0.346 e. The van der Waals surface area contributed by atoms with Crippen LogP contribution in [-0.4, -0.2) is 25.3 Å². The number of ether oxygens (including phenoxy) is 3. The van der Waals surface area contributed by atoms with Crippen LogP contribution in [0.1, 0.15) is 121 Å². The highest BCUT2D eigenvalue weighted by molar-refractivity contribution is 5.74. The molecule has 0 N–H and O–H groups in total. The molecule has 0 aliphatic carbocycles. The van der Waals surface area contributed by atoms with Gasteiger partial charge >= 0.3 is 5.97 Å². The molecule has 0 aromatic heterocycles. The maximum atomic E-state index is 11.9. The van der Waals surface area contributed by atoms with E-state index in [0.29, 0.717) is 6.10 Å². The van der Waals surface area contributed by atoms with Crippen LogP contribution in [0.3, 0.4) is 0 Å². The third kappa shape index (κ3) is 8.99. The van der Waals surface area contributed by atoms with Crippen molar-refractivity contribution in [3.8, 4) is 11.5 Å². The van der Waals surface area contributed by atoms with Gasteiger partial charge in [0.15, 0.2) is 6.10 Å². The molecule has 1 aliphatic rings. The Balaban J connectivity index is 1.81. The van der Waals surface area contributed by atoms with Gasteiger partial charge < -0.3 is 14.2 Å². The van der Waals surface area contributed by atoms with Crippen LogP contribution in [0, 0.1) is 38.5 Å². The van der Waals surface area contributed by atoms with Gasteiger partial charge in [0.25, 0.3) is 0 Å². The van der Waals surface area contributed by atoms with Gasteiger partial charge in [-0.1, -0.05) is 72.6 Å². The highest BCUT2D eigenvalue weighted by atomic mass is 16.6. The van der Waals surface area contributed by atoms with E-state index in [1.807, 2.05) is 0 Å². The molecule has 0 bridgehead atoms. The number of rotatable bonds is 15. The van der Waals surface area contributed by atoms with Gasteiger partial charge in [0, 0.05) is 5.56 Å². The molecule has 4 heteroatoms. The molecular formula is C32H54O4. The molecule has 0 saturated heterocycles. The second-order valence-corrected chi connectivity index (χ2v) is 12.0. The maximum absolute atomic E-state index is 11.9. The molecule has 1 aliphatic heterocycles. The van der Waals surface area contributed by atoms with Crippen molar-refractivity contribution in [3.05, 3.63) is 22.3 Å². The highest BCUT2D eigenvalue weighted by Crippen LogP contribution is 2.42. The van der Waals surface area contributed by atoms with Crippen LogP contribution in [0.25, 0.3) is 0 Å². The zero-order chi connectivity index (χ0) is 26.8. The Morgan fingerprint density at radius 2 is 1.44 bits per heavy atom. The number of benzene rings is 1. The van der Waals surface area contributed by atoms with Crippen LogP contribution >= 0.6 is 0 Å². The number of fused-ring (bicyclic) bond motifs is 1. The van der Waals surface area contributed by atoms with Crippen LogP contribution in [0.15, 0.2) is 0 Å². The van der Waals surface area contributed by atoms with E-state index in [-0.39, 0.29) is 5.97 Å². The minimum atomic E-state index is -0.628. The first-order chi connectivity index (χ1) is 17.0. The van der Waals surface area contributed by atoms with Gasteiger partial charge in [-0.3, -0.25) is 0 Å². The summed E-state index contributed by atoms with van der Waals surface area (Å²) in [4.78, 5) is 11.9. The molecule has 0 spiro atoms. The average Bonchev–Trinajstić information content (AvgIpc) is 2.84. The predicted octanol–water partition coefficient (Wildman–Crippen LogP) is 8.68. The van der Waals surface area contributed by atoms with Gasteiger partial charge in [-0.05, 0) is 87.8 Å². The molecule has 0 saturated carbocycles. The Kier molecular flexibility index (Phi) is 12.6. The van der Waals surface area contributed by atoms with E-state index in [0.717, 1.165) is 65.2 Å². The average molecular weight is 503 g/mol. The summed E-state index contributed by atoms with van der Waals surface area (Å²) < 4.78 is 17.4. The van der Waals surface area contributed by atoms with E-state index in [1.54, 1.807) is 6.92 Å². The summed E-state index contributed by atoms with van der Waals surface area (Å²) in [6.45, 7) is 17.5. The predicted molar refractivity (Wildman–Crippen MR) is 150 cm³/mol. The van der Waals surface area contributed by atoms with Crippen LogP contribution in [0.4, 0.5) is 0 Å². The van der Waals surface area contributed by atoms with Crippen molar-refractivity contribution in [2.45, 2.75) is 138 Å². The molecule has 36 heavy (non-hydrogen) atoms. The third-order valence-corrected chi connectivity index (χ3v) is 8.23. The van der Waals surface area contributed by atoms with Crippen LogP contribution < -0.4 is 9.47 Å². The number of carbonyl (C=O) groups excluding carboxylic acids is 1. The summed E-state index contributed by atoms with van der Waals surface area (Å²) in [6.07, 6.45) is 13.6. The van der Waals surface area contributed by atoms with Crippen molar-refractivity contribution in [1.82, 2.24) is 0 Å². The van der Waals surface area contributed by atoms with Crippen molar-refractivity contribution in [2.75, 3.05) is 7.11 Å². The third-order valence-electron chi connectivity index (χ3n) is 8.23. The smallest absolute Gasteiger partial charge is 0.346 e. The molecule has 1 aromatic rings. The Hall–Kier alpha value is -1.71. The van der Waals surface area contributed by atoms with Crippen LogP contribution in [0.2, 0.25) is 0 Å². The second-order valence-electron chi connectivity index (χ2n) is 12.0. The number of hydrogen-bond acceptors (Lipinski definition) is 4. The lowest BCUT2D eigenvalue weighted by molar-refractivity contribution is -0.147. The van der Waals surface area contributed by atoms with E-state index < -0.39 is 6.10 Å². The van der Waals surface area contributed by atoms with E-state index >= 15 is 0 Å². The first-order valence-corrected chi connectivity index (χ1v) is 14.6. The van der Waals surface area contributed by atoms with Crippen molar-refractivity contribution in [1.29, 1.82) is 0 Å². The van der Waals surface area contributed by atoms with Gasteiger partial charge in [0.1, 0.15) is 11.5 Å². The summed E-state index contributed by atoms with van der Waals surface area (Å²) in [5, 5.41) is 0. The quantitative estimate of drug-likeness (QED) is 0.225. The van der Waals surface area contributed by atoms with Crippen LogP contribution in [-0.2, 0) is 16.0 Å². The Morgan fingerprint density at radius 3 is 2.03 bits per heavy atom. The molecule has 0 fully saturated rings. The lowest BCUT2D eigenvalue weighted by atomic mass is 9.89. The van der Waals surface area contributed by atoms with Crippen LogP contribution in [0.5, 0.6) is 11.5 Å². The zero-order valence-electron chi connectivity index (χ0n) is 24.8. The van der Waals surface area contributed by atoms with Crippen molar-refractivity contribution in [3.63, 3.8) is 0 Å². The minimum Gasteiger partial charge on any atom is -0.490 e. The lowest BCUT2D eigenvalue weighted by Gasteiger charge is -2.31. The number of carbonyl (C=O) groups is 1. The van der Waals surface area contributed by atoms with E-state index in [9.17, 15) is 4.79 Å². The molecule has 0 amide bonds. The molecule has 1 unspecified atom stereocenters. The molecule has 206 valence electrons. The van der Waals surface area contributed by atoms with Crippen molar-refractivity contribution in [2.24, 2.45) is 17.8 Å². The summed E-state index contributed by atoms with van der Waals surface area (Å²) >= 11 is 0. The normalized spacial score (nSPS) is 17.8. The summed E-state index contributed by atoms with van der Waals surface area (Å²) in [7, 11) is 1.39. The van der Waals surface area contributed by atoms with Crippen molar-refractivity contribution < 1.29 is 19.0 Å². The molecule has 4 atom stereocenters. The van der Waals surface area contributed by atoms with E-state index in [4.69, 9.17) is 14.2 Å². The van der Waals surface area contributed by atoms with Gasteiger partial charge in [0.2, 0.25) is 0 Å². The van der Waals surface area contributed by atoms with Gasteiger partial charge in [-0.15, -0.1) is 0 Å². The molecule has 2 rings (SSSR count). The highest BCUT2D eigenvalue weighted by Gasteiger charge is 2.28. The SMILES string of the molecule is COC(=O)C(C)Oc1c(C)c(C)c2c(c1C)CC[C@@H](CCC[C@H](C)CCC[C@H](C)CCCC(C)C)O2. The first-order valence-electron chi connectivity index (χ1n) is 14.6. The molecule has 1 aromatic carbocycles. The fraction of sp³-hybridized carbons (Fsp3) is 0.781. The van der Waals surface area contributed by atoms with E-state index in [1.165, 1.54) is 64.0 Å². The van der Waals surface area contributed by atoms with Gasteiger partial charge in [0.05, 0.1) is 13.2 Å². The molecular weight excluding hydrogens is 448 g/mol. The molecule has 4 nitrogen and oxygen atoms in total. The zero-order valence-corrected chi connectivity index (χ0v) is 24.8. The number of esters is 1. The molecule has 1 heterocycles. The number of hydrogen-bond donors (Lipinski definition) is 0. The Morgan fingerprint density at radius 1 is 0.861 bits per heavy atom. The number of methoxy groups -OCH3 is 1. The second kappa shape index (κ2) is 14.9. The molecule has 0 radical (unpaired) electrons. The Labute approximate surface area is 221 Å². The minimum absolute atomic E-state index is 0.295. The van der Waals surface area contributed by atoms with Gasteiger partial charge in [-0.25, -0.2) is 4.79 Å². The summed E-state index contributed by atoms with van der Waals surface area (Å²) in [5.41, 5.74) is 4.50. The monoisotopic (exact) mass is 502 g/mol. The largest absolute Gasteiger partial charge is 0.490 e. The Bertz CT molecular complexity index is 828. The summed E-state index contributed by atoms with van der Waals surface area (Å²) in [6, 6.07) is 0. The summed E-state index contributed by atoms with van der Waals surface area (Å²) in [5.74, 6) is 3.99. The van der Waals surface area contributed by atoms with E-state index in [2.05, 4.69) is 48.5 Å². The fourth-order valence-corrected chi connectivity index (χ4v) is 5.59. The van der Waals surface area contributed by atoms with Crippen molar-refractivity contribution >= 4 is 5.97 Å². The standard InChI is InChI=1S/C32H54O4/c1-21(2)13-10-14-22(3)15-11-16-23(4)17-12-18-28-19-20-29-26(7)30(35-27(8)32(33)34-9)24(5)25(6)31(29)36-28/h21-23,27-28H,10-20H2,1-9H3/t22-,23-,27?,28-/m1/s1. The first kappa shape index (κ1) is 30.5.